The molecule has 1 aromatic rings. The van der Waals surface area contributed by atoms with Crippen molar-refractivity contribution in [3.8, 4) is 0 Å². The van der Waals surface area contributed by atoms with Gasteiger partial charge in [0.05, 0.1) is 15.9 Å². The van der Waals surface area contributed by atoms with E-state index in [0.717, 1.165) is 13.0 Å². The molecule has 1 saturated heterocycles. The van der Waals surface area contributed by atoms with Crippen LogP contribution in [0, 0.1) is 16.0 Å². The molecule has 0 unspecified atom stereocenters. The van der Waals surface area contributed by atoms with Crippen LogP contribution in [0.25, 0.3) is 0 Å². The van der Waals surface area contributed by atoms with Gasteiger partial charge in [-0.3, -0.25) is 10.1 Å². The van der Waals surface area contributed by atoms with E-state index in [1.165, 1.54) is 24.3 Å². The second-order valence-electron chi connectivity index (χ2n) is 7.69. The van der Waals surface area contributed by atoms with E-state index in [-0.39, 0.29) is 22.7 Å². The number of likely N-dealkylation sites (N-methyl/N-ethyl adjacent to an activating group) is 1. The highest BCUT2D eigenvalue weighted by Gasteiger charge is 2.40. The van der Waals surface area contributed by atoms with E-state index in [1.54, 1.807) is 4.31 Å². The fourth-order valence-electron chi connectivity index (χ4n) is 3.46. The first kappa shape index (κ1) is 22.7. The standard InChI is InChI=1S/C18H31N5O4S/c1-14(2)8-11-22(18-13-21(3)12-17(18)20-10-9-19)28(26,27)16-6-4-15(5-7-16)23(24)25/h4-7,14,17-18,20H,8-13,19H2,1-3H3/t17-,18-/m1/s1. The molecule has 10 heteroatoms. The number of nitrogens with two attached hydrogens (primary N) is 1. The Morgan fingerprint density at radius 3 is 2.50 bits per heavy atom. The molecular formula is C18H31N5O4S. The minimum absolute atomic E-state index is 0.0199. The fourth-order valence-corrected chi connectivity index (χ4v) is 5.13. The lowest BCUT2D eigenvalue weighted by molar-refractivity contribution is -0.384. The summed E-state index contributed by atoms with van der Waals surface area (Å²) in [7, 11) is -1.82. The predicted octanol–water partition coefficient (Wildman–Crippen LogP) is 0.863. The Hall–Kier alpha value is -1.59. The van der Waals surface area contributed by atoms with Crippen LogP contribution >= 0.6 is 0 Å². The zero-order valence-electron chi connectivity index (χ0n) is 16.7. The Bertz CT molecular complexity index is 754. The molecule has 2 atom stereocenters. The first-order valence-electron chi connectivity index (χ1n) is 9.55. The molecule has 1 fully saturated rings. The topological polar surface area (TPSA) is 122 Å². The van der Waals surface area contributed by atoms with Gasteiger partial charge in [-0.1, -0.05) is 13.8 Å². The van der Waals surface area contributed by atoms with Gasteiger partial charge in [-0.15, -0.1) is 0 Å². The smallest absolute Gasteiger partial charge is 0.269 e. The van der Waals surface area contributed by atoms with Crippen LogP contribution in [0.4, 0.5) is 5.69 Å². The van der Waals surface area contributed by atoms with Gasteiger partial charge in [0.2, 0.25) is 10.0 Å². The van der Waals surface area contributed by atoms with Gasteiger partial charge in [-0.2, -0.15) is 4.31 Å². The highest BCUT2D eigenvalue weighted by Crippen LogP contribution is 2.26. The second-order valence-corrected chi connectivity index (χ2v) is 9.58. The third-order valence-electron chi connectivity index (χ3n) is 4.97. The van der Waals surface area contributed by atoms with Crippen molar-refractivity contribution in [2.45, 2.75) is 37.2 Å². The third-order valence-corrected chi connectivity index (χ3v) is 6.91. The monoisotopic (exact) mass is 413 g/mol. The minimum Gasteiger partial charge on any atom is -0.329 e. The highest BCUT2D eigenvalue weighted by atomic mass is 32.2. The largest absolute Gasteiger partial charge is 0.329 e. The molecule has 0 saturated carbocycles. The SMILES string of the molecule is CC(C)CCN([C@@H]1CN(C)C[C@H]1NCCN)S(=O)(=O)c1ccc([N+](=O)[O-])cc1. The number of nitro groups is 1. The Kier molecular flexibility index (Phi) is 7.90. The molecule has 1 aromatic carbocycles. The van der Waals surface area contributed by atoms with Crippen molar-refractivity contribution in [2.75, 3.05) is 39.8 Å². The maximum atomic E-state index is 13.4. The van der Waals surface area contributed by atoms with Crippen molar-refractivity contribution in [3.63, 3.8) is 0 Å². The van der Waals surface area contributed by atoms with Crippen LogP contribution in [-0.2, 0) is 10.0 Å². The Balaban J connectivity index is 2.35. The molecule has 1 aliphatic heterocycles. The average molecular weight is 414 g/mol. The van der Waals surface area contributed by atoms with Crippen molar-refractivity contribution in [1.82, 2.24) is 14.5 Å². The van der Waals surface area contributed by atoms with Gasteiger partial charge in [-0.25, -0.2) is 8.42 Å². The van der Waals surface area contributed by atoms with E-state index < -0.39 is 14.9 Å². The van der Waals surface area contributed by atoms with E-state index in [0.29, 0.717) is 32.1 Å². The first-order chi connectivity index (χ1) is 13.2. The number of rotatable bonds is 10. The summed E-state index contributed by atoms with van der Waals surface area (Å²) in [5.74, 6) is 0.351. The van der Waals surface area contributed by atoms with Crippen LogP contribution in [0.5, 0.6) is 0 Å². The van der Waals surface area contributed by atoms with E-state index in [1.807, 2.05) is 7.05 Å². The zero-order chi connectivity index (χ0) is 20.9. The molecule has 1 aliphatic rings. The van der Waals surface area contributed by atoms with E-state index in [2.05, 4.69) is 24.1 Å². The average Bonchev–Trinajstić information content (AvgIpc) is 3.00. The molecule has 2 rings (SSSR count). The predicted molar refractivity (Wildman–Crippen MR) is 109 cm³/mol. The number of hydrogen-bond donors (Lipinski definition) is 2. The normalized spacial score (nSPS) is 20.9. The van der Waals surface area contributed by atoms with Crippen molar-refractivity contribution in [2.24, 2.45) is 11.7 Å². The number of nitro benzene ring substituents is 1. The van der Waals surface area contributed by atoms with Gasteiger partial charge in [-0.05, 0) is 31.5 Å². The lowest BCUT2D eigenvalue weighted by Gasteiger charge is -2.32. The maximum absolute atomic E-state index is 13.4. The molecule has 0 spiro atoms. The Labute approximate surface area is 167 Å². The molecule has 0 aromatic heterocycles. The summed E-state index contributed by atoms with van der Waals surface area (Å²) in [5, 5.41) is 14.2. The lowest BCUT2D eigenvalue weighted by Crippen LogP contribution is -2.52. The van der Waals surface area contributed by atoms with Crippen LogP contribution in [0.3, 0.4) is 0 Å². The molecule has 0 aliphatic carbocycles. The summed E-state index contributed by atoms with van der Waals surface area (Å²) in [6, 6.07) is 4.86. The second kappa shape index (κ2) is 9.75. The molecule has 9 nitrogen and oxygen atoms in total. The van der Waals surface area contributed by atoms with E-state index >= 15 is 0 Å². The van der Waals surface area contributed by atoms with Crippen LogP contribution in [-0.4, -0.2) is 74.4 Å². The molecule has 0 radical (unpaired) electrons. The van der Waals surface area contributed by atoms with Gasteiger partial charge in [0, 0.05) is 50.9 Å². The summed E-state index contributed by atoms with van der Waals surface area (Å²) in [6.07, 6.45) is 0.732. The molecule has 3 N–H and O–H groups in total. The Morgan fingerprint density at radius 1 is 1.32 bits per heavy atom. The fraction of sp³-hybridized carbons (Fsp3) is 0.667. The number of nitrogens with one attached hydrogen (secondary N) is 1. The summed E-state index contributed by atoms with van der Waals surface area (Å²) >= 11 is 0. The molecule has 0 amide bonds. The van der Waals surface area contributed by atoms with Crippen LogP contribution in [0.15, 0.2) is 29.2 Å². The summed E-state index contributed by atoms with van der Waals surface area (Å²) in [6.45, 7) is 6.96. The molecule has 28 heavy (non-hydrogen) atoms. The Morgan fingerprint density at radius 2 is 1.96 bits per heavy atom. The van der Waals surface area contributed by atoms with Gasteiger partial charge >= 0.3 is 0 Å². The first-order valence-corrected chi connectivity index (χ1v) is 11.0. The number of nitrogens with zero attached hydrogens (tertiary/aromatic N) is 3. The summed E-state index contributed by atoms with van der Waals surface area (Å²) < 4.78 is 28.4. The van der Waals surface area contributed by atoms with Gasteiger partial charge in [0.1, 0.15) is 0 Å². The van der Waals surface area contributed by atoms with E-state index in [4.69, 9.17) is 5.73 Å². The minimum atomic E-state index is -3.79. The van der Waals surface area contributed by atoms with Gasteiger partial charge in [0.15, 0.2) is 0 Å². The number of likely N-dealkylation sites (tertiary alicyclic amines) is 1. The number of sulfonamides is 1. The number of hydrogen-bond acceptors (Lipinski definition) is 7. The van der Waals surface area contributed by atoms with E-state index in [9.17, 15) is 18.5 Å². The zero-order valence-corrected chi connectivity index (χ0v) is 17.6. The summed E-state index contributed by atoms with van der Waals surface area (Å²) in [5.41, 5.74) is 5.48. The number of non-ortho nitro benzene ring substituents is 1. The molecule has 0 bridgehead atoms. The quantitative estimate of drug-likeness (QED) is 0.431. The lowest BCUT2D eigenvalue weighted by atomic mass is 10.1. The van der Waals surface area contributed by atoms with Crippen LogP contribution in [0.2, 0.25) is 0 Å². The molecular weight excluding hydrogens is 382 g/mol. The highest BCUT2D eigenvalue weighted by molar-refractivity contribution is 7.89. The van der Waals surface area contributed by atoms with Crippen molar-refractivity contribution in [1.29, 1.82) is 0 Å². The van der Waals surface area contributed by atoms with Crippen molar-refractivity contribution >= 4 is 15.7 Å². The van der Waals surface area contributed by atoms with Crippen molar-refractivity contribution in [3.05, 3.63) is 34.4 Å². The van der Waals surface area contributed by atoms with Gasteiger partial charge in [0.25, 0.3) is 5.69 Å². The van der Waals surface area contributed by atoms with Crippen LogP contribution < -0.4 is 11.1 Å². The van der Waals surface area contributed by atoms with Gasteiger partial charge < -0.3 is 16.0 Å². The van der Waals surface area contributed by atoms with Crippen LogP contribution in [0.1, 0.15) is 20.3 Å². The maximum Gasteiger partial charge on any atom is 0.269 e. The number of benzene rings is 1. The molecule has 1 heterocycles. The third kappa shape index (κ3) is 5.48. The van der Waals surface area contributed by atoms with Crippen molar-refractivity contribution < 1.29 is 13.3 Å². The molecule has 158 valence electrons. The summed E-state index contributed by atoms with van der Waals surface area (Å²) in [4.78, 5) is 12.5.